The Morgan fingerprint density at radius 3 is 2.38 bits per heavy atom. The molecule has 3 N–H and O–H groups in total. The van der Waals surface area contributed by atoms with Crippen LogP contribution in [0.5, 0.6) is 0 Å². The number of hydrogen-bond acceptors (Lipinski definition) is 4. The average molecular weight is 354 g/mol. The molecule has 138 valence electrons. The number of aryl methyl sites for hydroxylation is 2. The summed E-state index contributed by atoms with van der Waals surface area (Å²) >= 11 is 0. The number of aliphatic carboxylic acids is 1. The molecule has 0 bridgehead atoms. The van der Waals surface area contributed by atoms with Crippen molar-refractivity contribution in [3.8, 4) is 6.07 Å². The van der Waals surface area contributed by atoms with E-state index in [0.717, 1.165) is 16.7 Å². The van der Waals surface area contributed by atoms with E-state index in [1.54, 1.807) is 0 Å². The third-order valence-electron chi connectivity index (χ3n) is 6.76. The second-order valence-corrected chi connectivity index (χ2v) is 8.02. The van der Waals surface area contributed by atoms with Crippen molar-refractivity contribution in [2.45, 2.75) is 40.0 Å². The van der Waals surface area contributed by atoms with Crippen LogP contribution in [0.3, 0.4) is 0 Å². The van der Waals surface area contributed by atoms with Gasteiger partial charge in [0, 0.05) is 5.92 Å². The third kappa shape index (κ3) is 2.32. The Bertz CT molecular complexity index is 792. The fraction of sp³-hybridized carbons (Fsp3) is 0.571. The second kappa shape index (κ2) is 6.21. The van der Waals surface area contributed by atoms with Crippen molar-refractivity contribution >= 4 is 11.8 Å². The fourth-order valence-electron chi connectivity index (χ4n) is 5.77. The SMILES string of the molecule is CCC1(C(=O)O)C2CC(Cc3cc(C)cc(C)c3)C(C#N)(C(=O)CN)C21. The molecule has 0 spiro atoms. The number of carbonyl (C=O) groups is 2. The Hall–Kier alpha value is -2.19. The van der Waals surface area contributed by atoms with Gasteiger partial charge in [0.25, 0.3) is 0 Å². The van der Waals surface area contributed by atoms with Gasteiger partial charge in [-0.3, -0.25) is 9.59 Å². The molecule has 2 aliphatic carbocycles. The van der Waals surface area contributed by atoms with Gasteiger partial charge < -0.3 is 10.8 Å². The highest BCUT2D eigenvalue weighted by Gasteiger charge is 2.82. The molecule has 1 aromatic carbocycles. The second-order valence-electron chi connectivity index (χ2n) is 8.02. The summed E-state index contributed by atoms with van der Waals surface area (Å²) in [7, 11) is 0. The number of carboxylic acids is 1. The molecule has 0 saturated heterocycles. The van der Waals surface area contributed by atoms with Crippen LogP contribution in [0.1, 0.15) is 36.5 Å². The average Bonchev–Trinajstić information content (AvgIpc) is 3.12. The lowest BCUT2D eigenvalue weighted by molar-refractivity contribution is -0.146. The molecule has 0 amide bonds. The number of nitriles is 1. The van der Waals surface area contributed by atoms with Gasteiger partial charge in [-0.1, -0.05) is 36.2 Å². The Kier molecular flexibility index (Phi) is 4.44. The van der Waals surface area contributed by atoms with E-state index in [4.69, 9.17) is 5.73 Å². The molecule has 5 atom stereocenters. The number of fused-ring (bicyclic) bond motifs is 1. The minimum atomic E-state index is -1.29. The molecule has 1 aromatic rings. The third-order valence-corrected chi connectivity index (χ3v) is 6.76. The maximum Gasteiger partial charge on any atom is 0.310 e. The zero-order chi connectivity index (χ0) is 19.3. The molecule has 2 saturated carbocycles. The number of Topliss-reactive ketones (excluding diaryl/α,β-unsaturated/α-hetero) is 1. The van der Waals surface area contributed by atoms with Gasteiger partial charge >= 0.3 is 5.97 Å². The summed E-state index contributed by atoms with van der Waals surface area (Å²) in [6.45, 7) is 5.66. The van der Waals surface area contributed by atoms with Gasteiger partial charge in [-0.05, 0) is 50.5 Å². The molecule has 26 heavy (non-hydrogen) atoms. The van der Waals surface area contributed by atoms with Crippen molar-refractivity contribution in [1.82, 2.24) is 0 Å². The fourth-order valence-corrected chi connectivity index (χ4v) is 5.77. The standard InChI is InChI=1S/C21H26N2O3/c1-4-20(19(25)26)16-9-15(8-14-6-12(2)5-13(3)7-14)21(11-23,18(16)20)17(24)10-22/h5-7,15-16,18H,4,8-10,22H2,1-3H3,(H,25,26). The highest BCUT2D eigenvalue weighted by Crippen LogP contribution is 2.77. The zero-order valence-corrected chi connectivity index (χ0v) is 15.6. The van der Waals surface area contributed by atoms with E-state index in [9.17, 15) is 20.0 Å². The van der Waals surface area contributed by atoms with Crippen LogP contribution in [0, 0.1) is 53.8 Å². The molecule has 5 nitrogen and oxygen atoms in total. The molecule has 0 heterocycles. The first-order valence-corrected chi connectivity index (χ1v) is 9.23. The molecule has 0 aromatic heterocycles. The van der Waals surface area contributed by atoms with E-state index in [-0.39, 0.29) is 24.2 Å². The van der Waals surface area contributed by atoms with Crippen molar-refractivity contribution in [2.24, 2.45) is 34.3 Å². The van der Waals surface area contributed by atoms with Gasteiger partial charge in [0.2, 0.25) is 0 Å². The van der Waals surface area contributed by atoms with Crippen LogP contribution >= 0.6 is 0 Å². The molecule has 2 aliphatic rings. The Labute approximate surface area is 154 Å². The van der Waals surface area contributed by atoms with Gasteiger partial charge in [0.15, 0.2) is 5.78 Å². The lowest BCUT2D eigenvalue weighted by Gasteiger charge is -2.33. The number of rotatable bonds is 6. The minimum Gasteiger partial charge on any atom is -0.481 e. The summed E-state index contributed by atoms with van der Waals surface area (Å²) in [5.74, 6) is -1.91. The maximum atomic E-state index is 12.8. The smallest absolute Gasteiger partial charge is 0.310 e. The number of nitrogens with two attached hydrogens (primary N) is 1. The molecule has 5 unspecified atom stereocenters. The number of carboxylic acid groups (broad SMARTS) is 1. The summed E-state index contributed by atoms with van der Waals surface area (Å²) in [5, 5.41) is 19.9. The number of carbonyl (C=O) groups excluding carboxylic acids is 1. The first-order valence-electron chi connectivity index (χ1n) is 9.23. The van der Waals surface area contributed by atoms with Gasteiger partial charge in [-0.2, -0.15) is 5.26 Å². The molecule has 3 rings (SSSR count). The van der Waals surface area contributed by atoms with Crippen LogP contribution in [0.25, 0.3) is 0 Å². The van der Waals surface area contributed by atoms with Crippen LogP contribution in [-0.4, -0.2) is 23.4 Å². The monoisotopic (exact) mass is 354 g/mol. The van der Waals surface area contributed by atoms with E-state index in [1.807, 2.05) is 20.8 Å². The quantitative estimate of drug-likeness (QED) is 0.817. The first-order chi connectivity index (χ1) is 12.3. The summed E-state index contributed by atoms with van der Waals surface area (Å²) in [5.41, 5.74) is 6.80. The molecular formula is C21H26N2O3. The van der Waals surface area contributed by atoms with E-state index in [0.29, 0.717) is 19.3 Å². The highest BCUT2D eigenvalue weighted by atomic mass is 16.4. The minimum absolute atomic E-state index is 0.115. The molecular weight excluding hydrogens is 328 g/mol. The Morgan fingerprint density at radius 1 is 1.31 bits per heavy atom. The van der Waals surface area contributed by atoms with E-state index < -0.39 is 22.7 Å². The number of ketones is 1. The number of hydrogen-bond donors (Lipinski definition) is 2. The van der Waals surface area contributed by atoms with Gasteiger partial charge in [-0.25, -0.2) is 0 Å². The van der Waals surface area contributed by atoms with Crippen molar-refractivity contribution in [2.75, 3.05) is 6.54 Å². The number of nitrogens with zero attached hydrogens (tertiary/aromatic N) is 1. The van der Waals surface area contributed by atoms with E-state index in [2.05, 4.69) is 24.3 Å². The largest absolute Gasteiger partial charge is 0.481 e. The first kappa shape index (κ1) is 18.6. The zero-order valence-electron chi connectivity index (χ0n) is 15.6. The lowest BCUT2D eigenvalue weighted by atomic mass is 9.65. The normalized spacial score (nSPS) is 34.8. The van der Waals surface area contributed by atoms with Crippen LogP contribution in [0.2, 0.25) is 0 Å². The van der Waals surface area contributed by atoms with Crippen molar-refractivity contribution < 1.29 is 14.7 Å². The summed E-state index contributed by atoms with van der Waals surface area (Å²) in [4.78, 5) is 24.8. The lowest BCUT2D eigenvalue weighted by Crippen LogP contribution is -2.45. The van der Waals surface area contributed by atoms with Crippen LogP contribution in [0.15, 0.2) is 18.2 Å². The topological polar surface area (TPSA) is 104 Å². The van der Waals surface area contributed by atoms with Crippen molar-refractivity contribution in [3.63, 3.8) is 0 Å². The van der Waals surface area contributed by atoms with E-state index in [1.165, 1.54) is 0 Å². The maximum absolute atomic E-state index is 12.8. The predicted molar refractivity (Wildman–Crippen MR) is 97.2 cm³/mol. The molecule has 0 radical (unpaired) electrons. The van der Waals surface area contributed by atoms with Crippen LogP contribution in [-0.2, 0) is 16.0 Å². The van der Waals surface area contributed by atoms with Gasteiger partial charge in [-0.15, -0.1) is 0 Å². The predicted octanol–water partition coefficient (Wildman–Crippen LogP) is 2.63. The summed E-state index contributed by atoms with van der Waals surface area (Å²) in [6.07, 6.45) is 1.64. The summed E-state index contributed by atoms with van der Waals surface area (Å²) in [6, 6.07) is 8.52. The molecule has 0 aliphatic heterocycles. The van der Waals surface area contributed by atoms with Crippen LogP contribution < -0.4 is 5.73 Å². The van der Waals surface area contributed by atoms with Crippen LogP contribution in [0.4, 0.5) is 0 Å². The highest BCUT2D eigenvalue weighted by molar-refractivity contribution is 5.94. The molecule has 2 fully saturated rings. The van der Waals surface area contributed by atoms with Crippen molar-refractivity contribution in [3.05, 3.63) is 34.9 Å². The van der Waals surface area contributed by atoms with Gasteiger partial charge in [0.1, 0.15) is 5.41 Å². The Balaban J connectivity index is 2.01. The van der Waals surface area contributed by atoms with Crippen molar-refractivity contribution in [1.29, 1.82) is 5.26 Å². The Morgan fingerprint density at radius 2 is 1.92 bits per heavy atom. The number of benzene rings is 1. The summed E-state index contributed by atoms with van der Waals surface area (Å²) < 4.78 is 0. The van der Waals surface area contributed by atoms with E-state index >= 15 is 0 Å². The van der Waals surface area contributed by atoms with Gasteiger partial charge in [0.05, 0.1) is 18.0 Å². The molecule has 5 heteroatoms.